The van der Waals surface area contributed by atoms with Gasteiger partial charge in [0, 0.05) is 33.0 Å². The SMILES string of the molecule is c1ccc(-c2cccc(-c3cc(-c4ccccc4)nc(C4(c5ccccc5)c5ccccc5-c5ccc6c([nH]c7ccccc76)c54)n3)c2)cc1. The third kappa shape index (κ3) is 4.23. The van der Waals surface area contributed by atoms with E-state index in [1.54, 1.807) is 0 Å². The lowest BCUT2D eigenvalue weighted by Gasteiger charge is -2.32. The number of benzene rings is 7. The number of nitrogens with one attached hydrogen (secondary N) is 1. The average Bonchev–Trinajstić information content (AvgIpc) is 3.73. The zero-order valence-electron chi connectivity index (χ0n) is 27.2. The fraction of sp³-hybridized carbons (Fsp3) is 0.0213. The molecule has 3 heteroatoms. The molecule has 0 saturated heterocycles. The highest BCUT2D eigenvalue weighted by Crippen LogP contribution is 2.58. The van der Waals surface area contributed by atoms with Crippen LogP contribution in [0.1, 0.15) is 22.5 Å². The van der Waals surface area contributed by atoms with Gasteiger partial charge < -0.3 is 4.98 Å². The summed E-state index contributed by atoms with van der Waals surface area (Å²) in [5.41, 5.74) is 13.5. The summed E-state index contributed by atoms with van der Waals surface area (Å²) in [6.45, 7) is 0. The molecule has 0 fully saturated rings. The average molecular weight is 638 g/mol. The van der Waals surface area contributed by atoms with Gasteiger partial charge in [-0.3, -0.25) is 0 Å². The van der Waals surface area contributed by atoms with Gasteiger partial charge in [0.1, 0.15) is 11.2 Å². The number of hydrogen-bond acceptors (Lipinski definition) is 2. The lowest BCUT2D eigenvalue weighted by Crippen LogP contribution is -2.31. The first-order chi connectivity index (χ1) is 24.8. The van der Waals surface area contributed by atoms with Crippen molar-refractivity contribution in [3.8, 4) is 44.8 Å². The highest BCUT2D eigenvalue weighted by atomic mass is 14.9. The number of aromatic amines is 1. The van der Waals surface area contributed by atoms with E-state index in [9.17, 15) is 0 Å². The van der Waals surface area contributed by atoms with Crippen LogP contribution in [0.2, 0.25) is 0 Å². The smallest absolute Gasteiger partial charge is 0.149 e. The van der Waals surface area contributed by atoms with Gasteiger partial charge in [-0.15, -0.1) is 0 Å². The van der Waals surface area contributed by atoms with E-state index in [1.807, 2.05) is 0 Å². The van der Waals surface area contributed by atoms with Gasteiger partial charge in [-0.1, -0.05) is 164 Å². The van der Waals surface area contributed by atoms with Crippen LogP contribution in [0.4, 0.5) is 0 Å². The van der Waals surface area contributed by atoms with Crippen LogP contribution < -0.4 is 0 Å². The highest BCUT2D eigenvalue weighted by molar-refractivity contribution is 6.12. The number of rotatable bonds is 5. The van der Waals surface area contributed by atoms with E-state index in [4.69, 9.17) is 9.97 Å². The van der Waals surface area contributed by atoms with E-state index < -0.39 is 5.41 Å². The molecule has 1 atom stereocenters. The predicted octanol–water partition coefficient (Wildman–Crippen LogP) is 11.5. The van der Waals surface area contributed by atoms with Gasteiger partial charge in [-0.25, -0.2) is 9.97 Å². The van der Waals surface area contributed by atoms with E-state index >= 15 is 0 Å². The molecule has 10 rings (SSSR count). The molecule has 0 bridgehead atoms. The summed E-state index contributed by atoms with van der Waals surface area (Å²) >= 11 is 0. The third-order valence-electron chi connectivity index (χ3n) is 10.3. The summed E-state index contributed by atoms with van der Waals surface area (Å²) < 4.78 is 0. The summed E-state index contributed by atoms with van der Waals surface area (Å²) in [6, 6.07) is 64.7. The van der Waals surface area contributed by atoms with Crippen molar-refractivity contribution in [1.82, 2.24) is 15.0 Å². The molecule has 1 aliphatic carbocycles. The number of fused-ring (bicyclic) bond motifs is 7. The largest absolute Gasteiger partial charge is 0.354 e. The van der Waals surface area contributed by atoms with Crippen molar-refractivity contribution in [2.75, 3.05) is 0 Å². The van der Waals surface area contributed by atoms with Crippen molar-refractivity contribution in [2.45, 2.75) is 5.41 Å². The standard InChI is InChI=1S/C47H31N3/c1-4-15-31(16-5-1)33-19-14-20-34(29-33)43-30-42(32-17-6-2-7-18-32)49-46(50-43)47(35-21-8-3-9-22-35)40-25-12-10-23-36(40)38-27-28-39-37-24-11-13-26-41(37)48-45(39)44(38)47/h1-30,48H. The molecule has 1 N–H and O–H groups in total. The monoisotopic (exact) mass is 637 g/mol. The Balaban J connectivity index is 1.34. The molecule has 234 valence electrons. The maximum Gasteiger partial charge on any atom is 0.149 e. The van der Waals surface area contributed by atoms with Gasteiger partial charge in [-0.2, -0.15) is 0 Å². The predicted molar refractivity (Wildman–Crippen MR) is 205 cm³/mol. The molecular formula is C47H31N3. The fourth-order valence-corrected chi connectivity index (χ4v) is 8.07. The van der Waals surface area contributed by atoms with Gasteiger partial charge >= 0.3 is 0 Å². The highest BCUT2D eigenvalue weighted by Gasteiger charge is 2.50. The molecule has 50 heavy (non-hydrogen) atoms. The molecule has 2 heterocycles. The zero-order valence-corrected chi connectivity index (χ0v) is 27.2. The Labute approximate surface area is 290 Å². The molecule has 7 aromatic carbocycles. The molecule has 3 nitrogen and oxygen atoms in total. The van der Waals surface area contributed by atoms with Crippen LogP contribution in [0, 0.1) is 0 Å². The van der Waals surface area contributed by atoms with Crippen molar-refractivity contribution in [3.63, 3.8) is 0 Å². The molecule has 0 radical (unpaired) electrons. The summed E-state index contributed by atoms with van der Waals surface area (Å²) in [7, 11) is 0. The van der Waals surface area contributed by atoms with Crippen LogP contribution in [0.5, 0.6) is 0 Å². The molecule has 2 aromatic heterocycles. The van der Waals surface area contributed by atoms with Gasteiger partial charge in [0.25, 0.3) is 0 Å². The lowest BCUT2D eigenvalue weighted by molar-refractivity contribution is 0.704. The number of aromatic nitrogens is 3. The molecule has 1 unspecified atom stereocenters. The Morgan fingerprint density at radius 3 is 1.84 bits per heavy atom. The molecule has 0 saturated carbocycles. The zero-order chi connectivity index (χ0) is 33.1. The van der Waals surface area contributed by atoms with Crippen molar-refractivity contribution < 1.29 is 0 Å². The van der Waals surface area contributed by atoms with E-state index in [-0.39, 0.29) is 0 Å². The number of hydrogen-bond donors (Lipinski definition) is 1. The minimum Gasteiger partial charge on any atom is -0.354 e. The fourth-order valence-electron chi connectivity index (χ4n) is 8.07. The lowest BCUT2D eigenvalue weighted by atomic mass is 9.71. The minimum atomic E-state index is -0.801. The molecule has 1 aliphatic rings. The number of H-pyrrole nitrogens is 1. The van der Waals surface area contributed by atoms with E-state index in [0.717, 1.165) is 50.5 Å². The summed E-state index contributed by atoms with van der Waals surface area (Å²) in [5.74, 6) is 0.752. The van der Waals surface area contributed by atoms with Crippen LogP contribution >= 0.6 is 0 Å². The molecule has 0 spiro atoms. The van der Waals surface area contributed by atoms with Crippen LogP contribution in [0.15, 0.2) is 182 Å². The second kappa shape index (κ2) is 11.3. The topological polar surface area (TPSA) is 41.6 Å². The third-order valence-corrected chi connectivity index (χ3v) is 10.3. The van der Waals surface area contributed by atoms with E-state index in [0.29, 0.717) is 0 Å². The summed E-state index contributed by atoms with van der Waals surface area (Å²) in [4.78, 5) is 15.1. The molecule has 0 aliphatic heterocycles. The van der Waals surface area contributed by atoms with Gasteiger partial charge in [-0.05, 0) is 51.6 Å². The Morgan fingerprint density at radius 2 is 1.04 bits per heavy atom. The number of nitrogens with zero attached hydrogens (tertiary/aromatic N) is 2. The maximum absolute atomic E-state index is 5.63. The van der Waals surface area contributed by atoms with E-state index in [1.165, 1.54) is 38.6 Å². The maximum atomic E-state index is 5.63. The van der Waals surface area contributed by atoms with Gasteiger partial charge in [0.05, 0.1) is 16.9 Å². The van der Waals surface area contributed by atoms with Crippen LogP contribution in [0.25, 0.3) is 66.6 Å². The molecule has 0 amide bonds. The Kier molecular flexibility index (Phi) is 6.40. The normalized spacial score (nSPS) is 14.9. The van der Waals surface area contributed by atoms with E-state index in [2.05, 4.69) is 187 Å². The second-order valence-electron chi connectivity index (χ2n) is 13.0. The van der Waals surface area contributed by atoms with Gasteiger partial charge in [0.15, 0.2) is 0 Å². The van der Waals surface area contributed by atoms with Crippen LogP contribution in [0.3, 0.4) is 0 Å². The minimum absolute atomic E-state index is 0.752. The second-order valence-corrected chi connectivity index (χ2v) is 13.0. The van der Waals surface area contributed by atoms with Crippen LogP contribution in [-0.2, 0) is 5.41 Å². The summed E-state index contributed by atoms with van der Waals surface area (Å²) in [6.07, 6.45) is 0. The molecular weight excluding hydrogens is 607 g/mol. The Bertz CT molecular complexity index is 2690. The number of para-hydroxylation sites is 1. The van der Waals surface area contributed by atoms with Crippen LogP contribution in [-0.4, -0.2) is 15.0 Å². The first kappa shape index (κ1) is 28.4. The first-order valence-electron chi connectivity index (χ1n) is 17.1. The van der Waals surface area contributed by atoms with Crippen molar-refractivity contribution in [1.29, 1.82) is 0 Å². The Morgan fingerprint density at radius 1 is 0.420 bits per heavy atom. The van der Waals surface area contributed by atoms with Crippen molar-refractivity contribution >= 4 is 21.8 Å². The van der Waals surface area contributed by atoms with Gasteiger partial charge in [0.2, 0.25) is 0 Å². The first-order valence-corrected chi connectivity index (χ1v) is 17.1. The van der Waals surface area contributed by atoms with Crippen molar-refractivity contribution in [2.24, 2.45) is 0 Å². The summed E-state index contributed by atoms with van der Waals surface area (Å²) in [5, 5.41) is 2.41. The van der Waals surface area contributed by atoms with Crippen molar-refractivity contribution in [3.05, 3.63) is 205 Å². The molecule has 9 aromatic rings. The quantitative estimate of drug-likeness (QED) is 0.204. The Hall–Kier alpha value is -6.58.